The minimum Gasteiger partial charge on any atom is -0.353 e. The van der Waals surface area contributed by atoms with Gasteiger partial charge in [-0.25, -0.2) is 4.98 Å². The number of piperazine rings is 1. The summed E-state index contributed by atoms with van der Waals surface area (Å²) in [7, 11) is 0. The molecule has 4 rings (SSSR count). The first-order valence-corrected chi connectivity index (χ1v) is 11.2. The van der Waals surface area contributed by atoms with Gasteiger partial charge < -0.3 is 15.1 Å². The number of aromatic nitrogens is 1. The van der Waals surface area contributed by atoms with Gasteiger partial charge in [0.15, 0.2) is 0 Å². The molecular weight excluding hydrogens is 384 g/mol. The molecule has 1 N–H and O–H groups in total. The Morgan fingerprint density at radius 1 is 1.10 bits per heavy atom. The quantitative estimate of drug-likeness (QED) is 0.821. The first-order chi connectivity index (χ1) is 14.2. The molecule has 0 aliphatic carbocycles. The van der Waals surface area contributed by atoms with Gasteiger partial charge in [0.25, 0.3) is 0 Å². The smallest absolute Gasteiger partial charge is 0.237 e. The van der Waals surface area contributed by atoms with E-state index in [9.17, 15) is 9.59 Å². The molecule has 0 saturated carbocycles. The fourth-order valence-electron chi connectivity index (χ4n) is 3.82. The molecule has 2 amide bonds. The van der Waals surface area contributed by atoms with Crippen LogP contribution in [0.5, 0.6) is 0 Å². The number of hydrogen-bond donors (Lipinski definition) is 1. The van der Waals surface area contributed by atoms with Crippen molar-refractivity contribution >= 4 is 35.1 Å². The average molecular weight is 411 g/mol. The number of aryl methyl sites for hydroxylation is 1. The Kier molecular flexibility index (Phi) is 6.34. The highest BCUT2D eigenvalue weighted by Gasteiger charge is 2.25. The van der Waals surface area contributed by atoms with E-state index < -0.39 is 0 Å². The number of benzene rings is 1. The Labute approximate surface area is 175 Å². The van der Waals surface area contributed by atoms with Crippen LogP contribution in [0, 0.1) is 0 Å². The van der Waals surface area contributed by atoms with Crippen LogP contribution in [0.2, 0.25) is 0 Å². The first-order valence-electron chi connectivity index (χ1n) is 10.1. The summed E-state index contributed by atoms with van der Waals surface area (Å²) < 4.78 is 0. The summed E-state index contributed by atoms with van der Waals surface area (Å²) in [6, 6.07) is 13.9. The normalized spacial score (nSPS) is 19.3. The van der Waals surface area contributed by atoms with Gasteiger partial charge in [0, 0.05) is 50.2 Å². The van der Waals surface area contributed by atoms with Crippen LogP contribution < -0.4 is 10.2 Å². The second kappa shape index (κ2) is 9.31. The van der Waals surface area contributed by atoms with E-state index in [1.165, 1.54) is 5.56 Å². The maximum absolute atomic E-state index is 12.6. The number of pyridine rings is 1. The Balaban J connectivity index is 1.21. The summed E-state index contributed by atoms with van der Waals surface area (Å²) in [5.41, 5.74) is 2.10. The monoisotopic (exact) mass is 410 g/mol. The van der Waals surface area contributed by atoms with Crippen LogP contribution in [0.15, 0.2) is 48.7 Å². The van der Waals surface area contributed by atoms with Crippen LogP contribution in [-0.4, -0.2) is 58.9 Å². The number of carbonyl (C=O) groups excluding carboxylic acids is 2. The molecule has 0 radical (unpaired) electrons. The molecule has 6 nitrogen and oxygen atoms in total. The zero-order chi connectivity index (χ0) is 20.1. The van der Waals surface area contributed by atoms with E-state index in [0.717, 1.165) is 50.5 Å². The summed E-state index contributed by atoms with van der Waals surface area (Å²) >= 11 is 1.60. The summed E-state index contributed by atoms with van der Waals surface area (Å²) in [5.74, 6) is 1.87. The lowest BCUT2D eigenvalue weighted by Gasteiger charge is -2.35. The van der Waals surface area contributed by atoms with Gasteiger partial charge in [0.05, 0.1) is 5.25 Å². The van der Waals surface area contributed by atoms with Crippen molar-refractivity contribution in [1.29, 1.82) is 0 Å². The van der Waals surface area contributed by atoms with Crippen molar-refractivity contribution in [3.05, 3.63) is 54.2 Å². The third kappa shape index (κ3) is 4.90. The number of thioether (sulfide) groups is 1. The van der Waals surface area contributed by atoms with Crippen molar-refractivity contribution in [2.45, 2.75) is 24.5 Å². The summed E-state index contributed by atoms with van der Waals surface area (Å²) in [5, 5.41) is 2.93. The molecule has 1 fully saturated rings. The second-order valence-electron chi connectivity index (χ2n) is 7.35. The molecular formula is C22H26N4O2S. The van der Waals surface area contributed by atoms with E-state index in [-0.39, 0.29) is 17.1 Å². The van der Waals surface area contributed by atoms with E-state index in [1.807, 2.05) is 41.3 Å². The topological polar surface area (TPSA) is 65.5 Å². The van der Waals surface area contributed by atoms with Crippen LogP contribution in [0.3, 0.4) is 0 Å². The van der Waals surface area contributed by atoms with Gasteiger partial charge in [0.2, 0.25) is 11.8 Å². The SMILES string of the molecule is O=C1Nc2ccccc2CCC1SCCC(=O)N1CCN(c2ccccn2)CC1. The Hall–Kier alpha value is -2.54. The fourth-order valence-corrected chi connectivity index (χ4v) is 4.89. The predicted molar refractivity (Wildman–Crippen MR) is 117 cm³/mol. The number of para-hydroxylation sites is 1. The molecule has 2 aliphatic rings. The number of nitrogens with one attached hydrogen (secondary N) is 1. The number of nitrogens with zero attached hydrogens (tertiary/aromatic N) is 3. The number of fused-ring (bicyclic) bond motifs is 1. The minimum atomic E-state index is -0.101. The molecule has 7 heteroatoms. The lowest BCUT2D eigenvalue weighted by atomic mass is 10.1. The summed E-state index contributed by atoms with van der Waals surface area (Å²) in [6.07, 6.45) is 3.97. The number of hydrogen-bond acceptors (Lipinski definition) is 5. The molecule has 0 spiro atoms. The van der Waals surface area contributed by atoms with Crippen LogP contribution >= 0.6 is 11.8 Å². The van der Waals surface area contributed by atoms with Crippen molar-refractivity contribution in [3.8, 4) is 0 Å². The molecule has 29 heavy (non-hydrogen) atoms. The fraction of sp³-hybridized carbons (Fsp3) is 0.409. The van der Waals surface area contributed by atoms with Gasteiger partial charge >= 0.3 is 0 Å². The number of carbonyl (C=O) groups is 2. The number of rotatable bonds is 5. The van der Waals surface area contributed by atoms with E-state index in [4.69, 9.17) is 0 Å². The third-order valence-corrected chi connectivity index (χ3v) is 6.78. The van der Waals surface area contributed by atoms with E-state index >= 15 is 0 Å². The number of anilines is 2. The molecule has 152 valence electrons. The van der Waals surface area contributed by atoms with Crippen LogP contribution in [-0.2, 0) is 16.0 Å². The lowest BCUT2D eigenvalue weighted by molar-refractivity contribution is -0.131. The minimum absolute atomic E-state index is 0.0522. The maximum Gasteiger partial charge on any atom is 0.237 e. The van der Waals surface area contributed by atoms with Gasteiger partial charge in [-0.3, -0.25) is 9.59 Å². The Bertz CT molecular complexity index is 853. The predicted octanol–water partition coefficient (Wildman–Crippen LogP) is 2.81. The molecule has 2 aromatic rings. The molecule has 1 atom stereocenters. The first kappa shape index (κ1) is 19.8. The van der Waals surface area contributed by atoms with Crippen molar-refractivity contribution in [2.75, 3.05) is 42.1 Å². The molecule has 1 aromatic carbocycles. The Morgan fingerprint density at radius 3 is 2.69 bits per heavy atom. The van der Waals surface area contributed by atoms with Crippen molar-refractivity contribution in [3.63, 3.8) is 0 Å². The molecule has 3 heterocycles. The maximum atomic E-state index is 12.6. The molecule has 1 aromatic heterocycles. The highest BCUT2D eigenvalue weighted by Crippen LogP contribution is 2.27. The molecule has 0 bridgehead atoms. The van der Waals surface area contributed by atoms with E-state index in [2.05, 4.69) is 21.3 Å². The number of amides is 2. The molecule has 1 unspecified atom stereocenters. The molecule has 2 aliphatic heterocycles. The van der Waals surface area contributed by atoms with Crippen LogP contribution in [0.1, 0.15) is 18.4 Å². The van der Waals surface area contributed by atoms with Crippen molar-refractivity contribution < 1.29 is 9.59 Å². The van der Waals surface area contributed by atoms with Crippen molar-refractivity contribution in [1.82, 2.24) is 9.88 Å². The summed E-state index contributed by atoms with van der Waals surface area (Å²) in [6.45, 7) is 3.05. The second-order valence-corrected chi connectivity index (χ2v) is 8.66. The van der Waals surface area contributed by atoms with Crippen molar-refractivity contribution in [2.24, 2.45) is 0 Å². The zero-order valence-corrected chi connectivity index (χ0v) is 17.2. The standard InChI is InChI=1S/C22H26N4O2S/c27-21(26-14-12-25(13-15-26)20-7-3-4-11-23-20)10-16-29-19-9-8-17-5-1-2-6-18(17)24-22(19)28/h1-7,11,19H,8-10,12-16H2,(H,24,28). The Morgan fingerprint density at radius 2 is 1.90 bits per heavy atom. The third-order valence-electron chi connectivity index (χ3n) is 5.48. The summed E-state index contributed by atoms with van der Waals surface area (Å²) in [4.78, 5) is 33.6. The van der Waals surface area contributed by atoms with Gasteiger partial charge in [0.1, 0.15) is 5.82 Å². The van der Waals surface area contributed by atoms with Gasteiger partial charge in [-0.15, -0.1) is 11.8 Å². The highest BCUT2D eigenvalue weighted by atomic mass is 32.2. The zero-order valence-electron chi connectivity index (χ0n) is 16.4. The van der Waals surface area contributed by atoms with Gasteiger partial charge in [-0.2, -0.15) is 0 Å². The largest absolute Gasteiger partial charge is 0.353 e. The van der Waals surface area contributed by atoms with E-state index in [0.29, 0.717) is 12.2 Å². The van der Waals surface area contributed by atoms with Crippen LogP contribution in [0.4, 0.5) is 11.5 Å². The van der Waals surface area contributed by atoms with E-state index in [1.54, 1.807) is 18.0 Å². The van der Waals surface area contributed by atoms with Gasteiger partial charge in [-0.05, 0) is 36.6 Å². The molecule has 1 saturated heterocycles. The van der Waals surface area contributed by atoms with Crippen LogP contribution in [0.25, 0.3) is 0 Å². The highest BCUT2D eigenvalue weighted by molar-refractivity contribution is 8.00. The average Bonchev–Trinajstić information content (AvgIpc) is 2.93. The van der Waals surface area contributed by atoms with Gasteiger partial charge in [-0.1, -0.05) is 24.3 Å². The lowest BCUT2D eigenvalue weighted by Crippen LogP contribution is -2.49.